The summed E-state index contributed by atoms with van der Waals surface area (Å²) in [4.78, 5) is 14.9. The van der Waals surface area contributed by atoms with E-state index in [4.69, 9.17) is 0 Å². The van der Waals surface area contributed by atoms with E-state index in [1.54, 1.807) is 0 Å². The third-order valence-electron chi connectivity index (χ3n) is 4.69. The average molecular weight is 288 g/mol. The van der Waals surface area contributed by atoms with Crippen molar-refractivity contribution in [3.8, 4) is 0 Å². The fourth-order valence-electron chi connectivity index (χ4n) is 2.98. The van der Waals surface area contributed by atoms with E-state index in [0.717, 1.165) is 0 Å². The molecule has 0 saturated carbocycles. The Morgan fingerprint density at radius 2 is 1.71 bits per heavy atom. The molecule has 3 atom stereocenters. The van der Waals surface area contributed by atoms with Gasteiger partial charge in [0.15, 0.2) is 0 Å². The zero-order valence-corrected chi connectivity index (χ0v) is 14.1. The number of rotatable bonds is 4. The number of carbonyl (C=O) groups is 1. The monoisotopic (exact) mass is 288 g/mol. The van der Waals surface area contributed by atoms with Gasteiger partial charge in [0.2, 0.25) is 5.91 Å². The van der Waals surface area contributed by atoms with Gasteiger partial charge >= 0.3 is 0 Å². The van der Waals surface area contributed by atoms with Crippen LogP contribution in [0.2, 0.25) is 0 Å². The molecule has 3 heteroatoms. The molecule has 3 nitrogen and oxygen atoms in total. The summed E-state index contributed by atoms with van der Waals surface area (Å²) >= 11 is 0. The van der Waals surface area contributed by atoms with Gasteiger partial charge in [-0.15, -0.1) is 0 Å². The first kappa shape index (κ1) is 16.0. The number of benzene rings is 1. The maximum atomic E-state index is 12.9. The molecular weight excluding hydrogens is 260 g/mol. The quantitative estimate of drug-likeness (QED) is 0.919. The van der Waals surface area contributed by atoms with E-state index >= 15 is 0 Å². The summed E-state index contributed by atoms with van der Waals surface area (Å²) in [6.07, 6.45) is -0.0106. The topological polar surface area (TPSA) is 32.3 Å². The number of hydrogen-bond acceptors (Lipinski definition) is 2. The van der Waals surface area contributed by atoms with Crippen LogP contribution in [0.25, 0.3) is 0 Å². The lowest BCUT2D eigenvalue weighted by Gasteiger charge is -2.33. The summed E-state index contributed by atoms with van der Waals surface area (Å²) in [5, 5.41) is 3.56. The van der Waals surface area contributed by atoms with Crippen molar-refractivity contribution in [2.45, 2.75) is 59.8 Å². The molecule has 1 fully saturated rings. The summed E-state index contributed by atoms with van der Waals surface area (Å²) in [5.74, 6) is 0.973. The van der Waals surface area contributed by atoms with E-state index in [9.17, 15) is 4.79 Å². The molecule has 1 N–H and O–H groups in total. The van der Waals surface area contributed by atoms with Crippen LogP contribution >= 0.6 is 0 Å². The van der Waals surface area contributed by atoms with E-state index in [1.165, 1.54) is 11.1 Å². The van der Waals surface area contributed by atoms with Crippen molar-refractivity contribution in [1.29, 1.82) is 0 Å². The number of nitrogens with zero attached hydrogens (tertiary/aromatic N) is 1. The smallest absolute Gasteiger partial charge is 0.241 e. The van der Waals surface area contributed by atoms with E-state index in [-0.39, 0.29) is 24.2 Å². The van der Waals surface area contributed by atoms with Crippen LogP contribution < -0.4 is 5.32 Å². The summed E-state index contributed by atoms with van der Waals surface area (Å²) in [5.41, 5.74) is 2.44. The lowest BCUT2D eigenvalue weighted by atomic mass is 10.0. The van der Waals surface area contributed by atoms with Crippen LogP contribution in [0.15, 0.2) is 24.3 Å². The largest absolute Gasteiger partial charge is 0.319 e. The number of aryl methyl sites for hydroxylation is 1. The minimum Gasteiger partial charge on any atom is -0.319 e. The van der Waals surface area contributed by atoms with Crippen molar-refractivity contribution >= 4 is 5.91 Å². The SMILES string of the molecule is Cc1ccccc1C1NC(C(C)C)C(=O)N1C(C)C(C)C. The highest BCUT2D eigenvalue weighted by Crippen LogP contribution is 2.33. The van der Waals surface area contributed by atoms with E-state index < -0.39 is 0 Å². The summed E-state index contributed by atoms with van der Waals surface area (Å²) in [6.45, 7) is 12.8. The second-order valence-electron chi connectivity index (χ2n) is 6.88. The van der Waals surface area contributed by atoms with Gasteiger partial charge in [0, 0.05) is 6.04 Å². The Kier molecular flexibility index (Phi) is 4.72. The van der Waals surface area contributed by atoms with Gasteiger partial charge in [-0.2, -0.15) is 0 Å². The molecule has 1 saturated heterocycles. The van der Waals surface area contributed by atoms with Crippen molar-refractivity contribution in [3.63, 3.8) is 0 Å². The van der Waals surface area contributed by atoms with E-state index in [1.807, 2.05) is 6.07 Å². The van der Waals surface area contributed by atoms with Gasteiger partial charge in [-0.1, -0.05) is 52.0 Å². The predicted octanol–water partition coefficient (Wildman–Crippen LogP) is 3.49. The van der Waals surface area contributed by atoms with E-state index in [2.05, 4.69) is 70.0 Å². The molecule has 3 unspecified atom stereocenters. The molecule has 2 rings (SSSR count). The van der Waals surface area contributed by atoms with E-state index in [0.29, 0.717) is 11.8 Å². The number of amides is 1. The highest BCUT2D eigenvalue weighted by atomic mass is 16.2. The van der Waals surface area contributed by atoms with Gasteiger partial charge in [-0.25, -0.2) is 0 Å². The Morgan fingerprint density at radius 1 is 1.10 bits per heavy atom. The predicted molar refractivity (Wildman–Crippen MR) is 86.8 cm³/mol. The lowest BCUT2D eigenvalue weighted by Crippen LogP contribution is -2.42. The minimum atomic E-state index is -0.0872. The highest BCUT2D eigenvalue weighted by Gasteiger charge is 2.43. The zero-order valence-electron chi connectivity index (χ0n) is 14.1. The summed E-state index contributed by atoms with van der Waals surface area (Å²) < 4.78 is 0. The Bertz CT molecular complexity index is 510. The molecule has 116 valence electrons. The number of carbonyl (C=O) groups excluding carboxylic acids is 1. The maximum Gasteiger partial charge on any atom is 0.241 e. The van der Waals surface area contributed by atoms with Crippen molar-refractivity contribution in [3.05, 3.63) is 35.4 Å². The first-order valence-electron chi connectivity index (χ1n) is 7.98. The average Bonchev–Trinajstić information content (AvgIpc) is 2.76. The van der Waals surface area contributed by atoms with Crippen LogP contribution in [0.3, 0.4) is 0 Å². The molecule has 1 aliphatic heterocycles. The molecule has 0 spiro atoms. The van der Waals surface area contributed by atoms with Gasteiger partial charge < -0.3 is 4.90 Å². The standard InChI is InChI=1S/C18H28N2O/c1-11(2)14(6)20-17(15-10-8-7-9-13(15)5)19-16(12(3)4)18(20)21/h7-12,14,16-17,19H,1-6H3. The molecule has 0 aliphatic carbocycles. The third-order valence-corrected chi connectivity index (χ3v) is 4.69. The lowest BCUT2D eigenvalue weighted by molar-refractivity contribution is -0.133. The van der Waals surface area contributed by atoms with Crippen LogP contribution in [0.1, 0.15) is 51.9 Å². The normalized spacial score (nSPS) is 24.2. The molecule has 1 aliphatic rings. The Hall–Kier alpha value is -1.35. The number of hydrogen-bond donors (Lipinski definition) is 1. The van der Waals surface area contributed by atoms with Crippen molar-refractivity contribution in [2.24, 2.45) is 11.8 Å². The van der Waals surface area contributed by atoms with Crippen molar-refractivity contribution in [2.75, 3.05) is 0 Å². The first-order valence-corrected chi connectivity index (χ1v) is 7.98. The van der Waals surface area contributed by atoms with Crippen LogP contribution in [0.5, 0.6) is 0 Å². The fourth-order valence-corrected chi connectivity index (χ4v) is 2.98. The Labute approximate surface area is 128 Å². The van der Waals surface area contributed by atoms with Crippen molar-refractivity contribution < 1.29 is 4.79 Å². The second kappa shape index (κ2) is 6.18. The molecular formula is C18H28N2O. The van der Waals surface area contributed by atoms with Gasteiger partial charge in [0.05, 0.1) is 6.04 Å². The maximum absolute atomic E-state index is 12.9. The highest BCUT2D eigenvalue weighted by molar-refractivity contribution is 5.85. The molecule has 0 bridgehead atoms. The van der Waals surface area contributed by atoms with Crippen LogP contribution in [-0.2, 0) is 4.79 Å². The molecule has 1 heterocycles. The molecule has 1 aromatic carbocycles. The van der Waals surface area contributed by atoms with Crippen molar-refractivity contribution in [1.82, 2.24) is 10.2 Å². The zero-order chi connectivity index (χ0) is 15.7. The second-order valence-corrected chi connectivity index (χ2v) is 6.88. The molecule has 0 aromatic heterocycles. The van der Waals surface area contributed by atoms with Gasteiger partial charge in [-0.3, -0.25) is 10.1 Å². The minimum absolute atomic E-state index is 0.0106. The molecule has 1 aromatic rings. The fraction of sp³-hybridized carbons (Fsp3) is 0.611. The molecule has 0 radical (unpaired) electrons. The Balaban J connectivity index is 2.41. The Morgan fingerprint density at radius 3 is 2.24 bits per heavy atom. The first-order chi connectivity index (χ1) is 9.84. The summed E-state index contributed by atoms with van der Waals surface area (Å²) in [6, 6.07) is 8.47. The molecule has 1 amide bonds. The van der Waals surface area contributed by atoms with Crippen LogP contribution in [0.4, 0.5) is 0 Å². The van der Waals surface area contributed by atoms with Gasteiger partial charge in [-0.05, 0) is 36.8 Å². The third kappa shape index (κ3) is 2.98. The number of nitrogens with one attached hydrogen (secondary N) is 1. The van der Waals surface area contributed by atoms with Gasteiger partial charge in [0.25, 0.3) is 0 Å². The van der Waals surface area contributed by atoms with Gasteiger partial charge in [0.1, 0.15) is 6.17 Å². The molecule has 21 heavy (non-hydrogen) atoms. The van der Waals surface area contributed by atoms with Crippen LogP contribution in [0, 0.1) is 18.8 Å². The van der Waals surface area contributed by atoms with Crippen LogP contribution in [-0.4, -0.2) is 22.9 Å². The summed E-state index contributed by atoms with van der Waals surface area (Å²) in [7, 11) is 0.